The zero-order chi connectivity index (χ0) is 15.0. The second-order valence-electron chi connectivity index (χ2n) is 4.53. The van der Waals surface area contributed by atoms with Crippen molar-refractivity contribution in [2.45, 2.75) is 6.92 Å². The van der Waals surface area contributed by atoms with E-state index in [-0.39, 0.29) is 5.69 Å². The van der Waals surface area contributed by atoms with Crippen molar-refractivity contribution in [2.75, 3.05) is 0 Å². The normalized spacial score (nSPS) is 10.8. The molecule has 0 radical (unpaired) electrons. The van der Waals surface area contributed by atoms with Crippen molar-refractivity contribution in [3.63, 3.8) is 0 Å². The molecule has 8 nitrogen and oxygen atoms in total. The summed E-state index contributed by atoms with van der Waals surface area (Å²) in [6.07, 6.45) is 1.79. The van der Waals surface area contributed by atoms with Gasteiger partial charge in [0.25, 0.3) is 11.6 Å². The Morgan fingerprint density at radius 3 is 2.57 bits per heavy atom. The van der Waals surface area contributed by atoms with Gasteiger partial charge in [0.1, 0.15) is 0 Å². The van der Waals surface area contributed by atoms with Crippen molar-refractivity contribution in [2.24, 2.45) is 7.05 Å². The molecule has 0 aliphatic heterocycles. The van der Waals surface area contributed by atoms with Gasteiger partial charge in [-0.3, -0.25) is 14.8 Å². The number of nitro benzene ring substituents is 1. The third-order valence-electron chi connectivity index (χ3n) is 3.01. The first-order chi connectivity index (χ1) is 10.0. The topological polar surface area (TPSA) is 99.9 Å². The van der Waals surface area contributed by atoms with Gasteiger partial charge < -0.3 is 4.52 Å². The third-order valence-corrected chi connectivity index (χ3v) is 3.01. The van der Waals surface area contributed by atoms with Crippen LogP contribution in [0.1, 0.15) is 5.69 Å². The van der Waals surface area contributed by atoms with Crippen LogP contribution in [-0.2, 0) is 7.05 Å². The van der Waals surface area contributed by atoms with Gasteiger partial charge in [-0.1, -0.05) is 5.16 Å². The van der Waals surface area contributed by atoms with Crippen LogP contribution in [0, 0.1) is 17.0 Å². The maximum absolute atomic E-state index is 10.6. The van der Waals surface area contributed by atoms with Crippen molar-refractivity contribution in [3.05, 3.63) is 46.3 Å². The number of hydrogen-bond acceptors (Lipinski definition) is 6. The summed E-state index contributed by atoms with van der Waals surface area (Å²) in [4.78, 5) is 14.5. The fourth-order valence-corrected chi connectivity index (χ4v) is 1.99. The highest BCUT2D eigenvalue weighted by Gasteiger charge is 2.15. The summed E-state index contributed by atoms with van der Waals surface area (Å²) >= 11 is 0. The Morgan fingerprint density at radius 1 is 1.29 bits per heavy atom. The minimum atomic E-state index is -0.454. The standard InChI is InChI=1S/C13H11N5O3/c1-8-11(7-17(2)15-8)13-14-12(16-21-13)9-3-5-10(6-4-9)18(19)20/h3-7H,1-2H3. The molecule has 0 aliphatic carbocycles. The Hall–Kier alpha value is -3.03. The summed E-state index contributed by atoms with van der Waals surface area (Å²) in [5.74, 6) is 0.747. The Kier molecular flexibility index (Phi) is 2.98. The van der Waals surface area contributed by atoms with E-state index in [2.05, 4.69) is 15.2 Å². The quantitative estimate of drug-likeness (QED) is 0.541. The van der Waals surface area contributed by atoms with E-state index in [1.807, 2.05) is 14.0 Å². The molecule has 0 N–H and O–H groups in total. The number of benzene rings is 1. The largest absolute Gasteiger partial charge is 0.333 e. The van der Waals surface area contributed by atoms with E-state index in [0.29, 0.717) is 17.3 Å². The van der Waals surface area contributed by atoms with Crippen LogP contribution < -0.4 is 0 Å². The Bertz CT molecular complexity index is 804. The molecule has 0 fully saturated rings. The summed E-state index contributed by atoms with van der Waals surface area (Å²) in [5.41, 5.74) is 2.22. The molecule has 0 saturated heterocycles. The summed E-state index contributed by atoms with van der Waals surface area (Å²) in [7, 11) is 1.81. The molecule has 0 bridgehead atoms. The van der Waals surface area contributed by atoms with Crippen molar-refractivity contribution in [1.82, 2.24) is 19.9 Å². The first-order valence-corrected chi connectivity index (χ1v) is 6.14. The molecule has 2 aromatic heterocycles. The lowest BCUT2D eigenvalue weighted by atomic mass is 10.2. The zero-order valence-electron chi connectivity index (χ0n) is 11.3. The van der Waals surface area contributed by atoms with E-state index in [0.717, 1.165) is 11.3 Å². The summed E-state index contributed by atoms with van der Waals surface area (Å²) in [5, 5.41) is 18.7. The van der Waals surface area contributed by atoms with Crippen LogP contribution in [-0.4, -0.2) is 24.8 Å². The fourth-order valence-electron chi connectivity index (χ4n) is 1.99. The lowest BCUT2D eigenvalue weighted by Gasteiger charge is -1.93. The number of aryl methyl sites for hydroxylation is 2. The van der Waals surface area contributed by atoms with Gasteiger partial charge in [-0.2, -0.15) is 10.1 Å². The summed E-state index contributed by atoms with van der Waals surface area (Å²) < 4.78 is 6.90. The molecule has 3 rings (SSSR count). The number of non-ortho nitro benzene ring substituents is 1. The van der Waals surface area contributed by atoms with Crippen LogP contribution in [0.3, 0.4) is 0 Å². The van der Waals surface area contributed by atoms with Gasteiger partial charge in [0, 0.05) is 30.9 Å². The first-order valence-electron chi connectivity index (χ1n) is 6.14. The Labute approximate surface area is 119 Å². The Balaban J connectivity index is 1.94. The van der Waals surface area contributed by atoms with Crippen molar-refractivity contribution < 1.29 is 9.45 Å². The van der Waals surface area contributed by atoms with E-state index in [4.69, 9.17) is 4.52 Å². The lowest BCUT2D eigenvalue weighted by Crippen LogP contribution is -1.87. The van der Waals surface area contributed by atoms with Gasteiger partial charge in [0.2, 0.25) is 5.82 Å². The zero-order valence-corrected chi connectivity index (χ0v) is 11.3. The molecule has 2 heterocycles. The third kappa shape index (κ3) is 2.38. The van der Waals surface area contributed by atoms with Gasteiger partial charge in [-0.25, -0.2) is 0 Å². The van der Waals surface area contributed by atoms with Crippen LogP contribution in [0.25, 0.3) is 22.8 Å². The molecule has 8 heteroatoms. The molecule has 0 atom stereocenters. The minimum Gasteiger partial charge on any atom is -0.333 e. The van der Waals surface area contributed by atoms with Crippen LogP contribution in [0.15, 0.2) is 35.0 Å². The monoisotopic (exact) mass is 285 g/mol. The van der Waals surface area contributed by atoms with Gasteiger partial charge in [0.15, 0.2) is 0 Å². The van der Waals surface area contributed by atoms with Crippen LogP contribution in [0.4, 0.5) is 5.69 Å². The first kappa shape index (κ1) is 13.0. The molecule has 1 aromatic carbocycles. The highest BCUT2D eigenvalue weighted by Crippen LogP contribution is 2.25. The highest BCUT2D eigenvalue weighted by molar-refractivity contribution is 5.61. The molecule has 0 unspecified atom stereocenters. The van der Waals surface area contributed by atoms with Crippen LogP contribution in [0.2, 0.25) is 0 Å². The van der Waals surface area contributed by atoms with E-state index >= 15 is 0 Å². The Morgan fingerprint density at radius 2 is 2.00 bits per heavy atom. The second kappa shape index (κ2) is 4.82. The minimum absolute atomic E-state index is 0.0190. The van der Waals surface area contributed by atoms with Gasteiger partial charge in [-0.15, -0.1) is 0 Å². The van der Waals surface area contributed by atoms with Crippen LogP contribution in [0.5, 0.6) is 0 Å². The van der Waals surface area contributed by atoms with E-state index < -0.39 is 4.92 Å². The second-order valence-corrected chi connectivity index (χ2v) is 4.53. The molecule has 3 aromatic rings. The molecule has 21 heavy (non-hydrogen) atoms. The summed E-state index contributed by atoms with van der Waals surface area (Å²) in [6.45, 7) is 1.85. The fraction of sp³-hybridized carbons (Fsp3) is 0.154. The lowest BCUT2D eigenvalue weighted by molar-refractivity contribution is -0.384. The molecule has 106 valence electrons. The van der Waals surface area contributed by atoms with Crippen molar-refractivity contribution in [3.8, 4) is 22.8 Å². The van der Waals surface area contributed by atoms with E-state index in [9.17, 15) is 10.1 Å². The average molecular weight is 285 g/mol. The number of nitro groups is 1. The summed E-state index contributed by atoms with van der Waals surface area (Å²) in [6, 6.07) is 5.98. The van der Waals surface area contributed by atoms with Crippen molar-refractivity contribution in [1.29, 1.82) is 0 Å². The van der Waals surface area contributed by atoms with Crippen LogP contribution >= 0.6 is 0 Å². The van der Waals surface area contributed by atoms with E-state index in [1.165, 1.54) is 12.1 Å². The number of nitrogens with zero attached hydrogens (tertiary/aromatic N) is 5. The number of aromatic nitrogens is 4. The molecule has 0 saturated carbocycles. The highest BCUT2D eigenvalue weighted by atomic mass is 16.6. The van der Waals surface area contributed by atoms with Crippen molar-refractivity contribution >= 4 is 5.69 Å². The molecular weight excluding hydrogens is 274 g/mol. The maximum Gasteiger partial charge on any atom is 0.269 e. The molecule has 0 aliphatic rings. The predicted octanol–water partition coefficient (Wildman–Crippen LogP) is 2.35. The van der Waals surface area contributed by atoms with Gasteiger partial charge in [-0.05, 0) is 19.1 Å². The number of rotatable bonds is 3. The smallest absolute Gasteiger partial charge is 0.269 e. The number of hydrogen-bond donors (Lipinski definition) is 0. The molecule has 0 spiro atoms. The maximum atomic E-state index is 10.6. The van der Waals surface area contributed by atoms with E-state index in [1.54, 1.807) is 23.0 Å². The molecular formula is C13H11N5O3. The van der Waals surface area contributed by atoms with Gasteiger partial charge in [0.05, 0.1) is 16.2 Å². The predicted molar refractivity (Wildman–Crippen MR) is 73.3 cm³/mol. The molecule has 0 amide bonds. The van der Waals surface area contributed by atoms with Gasteiger partial charge >= 0.3 is 0 Å². The SMILES string of the molecule is Cc1nn(C)cc1-c1nc(-c2ccc([N+](=O)[O-])cc2)no1. The average Bonchev–Trinajstić information content (AvgIpc) is 3.05.